The molecule has 2 unspecified atom stereocenters. The van der Waals surface area contributed by atoms with Crippen molar-refractivity contribution in [1.29, 1.82) is 0 Å². The van der Waals surface area contributed by atoms with Crippen LogP contribution >= 0.6 is 0 Å². The first-order chi connectivity index (χ1) is 8.45. The van der Waals surface area contributed by atoms with Crippen LogP contribution in [-0.4, -0.2) is 44.0 Å². The van der Waals surface area contributed by atoms with Crippen molar-refractivity contribution in [1.82, 2.24) is 4.98 Å². The third-order valence-electron chi connectivity index (χ3n) is 3.49. The second-order valence-electron chi connectivity index (χ2n) is 4.81. The maximum Gasteiger partial charge on any atom is 0.179 e. The van der Waals surface area contributed by atoms with Gasteiger partial charge in [0.1, 0.15) is 10.7 Å². The molecule has 1 N–H and O–H groups in total. The van der Waals surface area contributed by atoms with Crippen molar-refractivity contribution < 1.29 is 13.5 Å². The summed E-state index contributed by atoms with van der Waals surface area (Å²) in [6, 6.07) is 3.13. The molecule has 100 valence electrons. The zero-order valence-corrected chi connectivity index (χ0v) is 11.4. The summed E-state index contributed by atoms with van der Waals surface area (Å²) in [5.41, 5.74) is 0. The summed E-state index contributed by atoms with van der Waals surface area (Å²) in [5, 5.41) is 9.44. The smallest absolute Gasteiger partial charge is 0.179 e. The Labute approximate surface area is 107 Å². The quantitative estimate of drug-likeness (QED) is 0.875. The van der Waals surface area contributed by atoms with E-state index in [9.17, 15) is 13.5 Å². The van der Waals surface area contributed by atoms with E-state index in [1.807, 2.05) is 4.90 Å². The molecule has 0 aromatic carbocycles. The highest BCUT2D eigenvalue weighted by molar-refractivity contribution is 7.90. The van der Waals surface area contributed by atoms with Gasteiger partial charge in [-0.15, -0.1) is 0 Å². The number of hydrogen-bond donors (Lipinski definition) is 1. The van der Waals surface area contributed by atoms with Crippen LogP contribution in [0.4, 0.5) is 5.82 Å². The zero-order valence-electron chi connectivity index (χ0n) is 10.6. The Kier molecular flexibility index (Phi) is 3.59. The van der Waals surface area contributed by atoms with E-state index in [0.717, 1.165) is 13.0 Å². The van der Waals surface area contributed by atoms with Gasteiger partial charge in [0.25, 0.3) is 0 Å². The van der Waals surface area contributed by atoms with Crippen molar-refractivity contribution >= 4 is 15.7 Å². The molecule has 2 heterocycles. The number of aliphatic hydroxyl groups is 1. The second-order valence-corrected chi connectivity index (χ2v) is 6.79. The maximum atomic E-state index is 11.8. The molecule has 1 aliphatic heterocycles. The molecule has 0 radical (unpaired) electrons. The van der Waals surface area contributed by atoms with Gasteiger partial charge in [0, 0.05) is 19.0 Å². The number of aliphatic hydroxyl groups excluding tert-OH is 1. The van der Waals surface area contributed by atoms with Crippen molar-refractivity contribution in [2.45, 2.75) is 24.3 Å². The third-order valence-corrected chi connectivity index (χ3v) is 4.61. The molecule has 0 amide bonds. The van der Waals surface area contributed by atoms with Crippen LogP contribution in [0.2, 0.25) is 0 Å². The standard InChI is InChI=1S/C12H18N2O3S/c1-9-5-7-14(10(9)8-15)12-11(18(2,16)17)4-3-6-13-12/h3-4,6,9-10,15H,5,7-8H2,1-2H3. The van der Waals surface area contributed by atoms with Crippen LogP contribution in [0.25, 0.3) is 0 Å². The Morgan fingerprint density at radius 2 is 2.28 bits per heavy atom. The molecule has 18 heavy (non-hydrogen) atoms. The highest BCUT2D eigenvalue weighted by Gasteiger charge is 2.33. The van der Waals surface area contributed by atoms with Gasteiger partial charge in [0.2, 0.25) is 0 Å². The minimum atomic E-state index is -3.31. The minimum Gasteiger partial charge on any atom is -0.394 e. The van der Waals surface area contributed by atoms with Crippen molar-refractivity contribution in [2.75, 3.05) is 24.3 Å². The minimum absolute atomic E-state index is 0.0148. The Balaban J connectivity index is 2.46. The molecule has 0 spiro atoms. The largest absolute Gasteiger partial charge is 0.394 e. The Morgan fingerprint density at radius 3 is 2.89 bits per heavy atom. The predicted octanol–water partition coefficient (Wildman–Crippen LogP) is 0.692. The van der Waals surface area contributed by atoms with Crippen molar-refractivity contribution in [3.05, 3.63) is 18.3 Å². The van der Waals surface area contributed by atoms with E-state index < -0.39 is 9.84 Å². The highest BCUT2D eigenvalue weighted by atomic mass is 32.2. The van der Waals surface area contributed by atoms with Crippen LogP contribution < -0.4 is 4.90 Å². The maximum absolute atomic E-state index is 11.8. The van der Waals surface area contributed by atoms with Gasteiger partial charge in [-0.25, -0.2) is 13.4 Å². The lowest BCUT2D eigenvalue weighted by Gasteiger charge is -2.27. The van der Waals surface area contributed by atoms with Crippen LogP contribution in [-0.2, 0) is 9.84 Å². The summed E-state index contributed by atoms with van der Waals surface area (Å²) in [5.74, 6) is 0.799. The van der Waals surface area contributed by atoms with Gasteiger partial charge in [-0.05, 0) is 24.5 Å². The van der Waals surface area contributed by atoms with Crippen molar-refractivity contribution in [3.8, 4) is 0 Å². The number of rotatable bonds is 3. The van der Waals surface area contributed by atoms with E-state index in [2.05, 4.69) is 11.9 Å². The molecule has 1 aromatic heterocycles. The molecular formula is C12H18N2O3S. The Bertz CT molecular complexity index is 530. The third kappa shape index (κ3) is 2.35. The molecule has 6 heteroatoms. The normalized spacial score (nSPS) is 24.5. The van der Waals surface area contributed by atoms with Crippen molar-refractivity contribution in [2.24, 2.45) is 5.92 Å². The topological polar surface area (TPSA) is 70.5 Å². The number of pyridine rings is 1. The number of hydrogen-bond acceptors (Lipinski definition) is 5. The predicted molar refractivity (Wildman–Crippen MR) is 69.3 cm³/mol. The molecule has 5 nitrogen and oxygen atoms in total. The van der Waals surface area contributed by atoms with Crippen LogP contribution in [0.3, 0.4) is 0 Å². The fourth-order valence-electron chi connectivity index (χ4n) is 2.44. The average Bonchev–Trinajstić information content (AvgIpc) is 2.69. The fraction of sp³-hybridized carbons (Fsp3) is 0.583. The fourth-order valence-corrected chi connectivity index (χ4v) is 3.26. The van der Waals surface area contributed by atoms with Gasteiger partial charge >= 0.3 is 0 Å². The van der Waals surface area contributed by atoms with Crippen LogP contribution in [0.15, 0.2) is 23.2 Å². The second kappa shape index (κ2) is 4.85. The molecule has 1 saturated heterocycles. The Morgan fingerprint density at radius 1 is 1.56 bits per heavy atom. The molecule has 0 bridgehead atoms. The van der Waals surface area contributed by atoms with Gasteiger partial charge in [0.05, 0.1) is 12.6 Å². The number of anilines is 1. The monoisotopic (exact) mass is 270 g/mol. The van der Waals surface area contributed by atoms with Gasteiger partial charge in [-0.3, -0.25) is 0 Å². The lowest BCUT2D eigenvalue weighted by atomic mass is 10.0. The highest BCUT2D eigenvalue weighted by Crippen LogP contribution is 2.31. The van der Waals surface area contributed by atoms with E-state index >= 15 is 0 Å². The molecule has 0 aliphatic carbocycles. The van der Waals surface area contributed by atoms with Crippen molar-refractivity contribution in [3.63, 3.8) is 0 Å². The van der Waals surface area contributed by atoms with E-state index in [1.54, 1.807) is 18.3 Å². The summed E-state index contributed by atoms with van der Waals surface area (Å²) in [4.78, 5) is 6.33. The molecule has 1 aromatic rings. The van der Waals surface area contributed by atoms with Gasteiger partial charge in [-0.1, -0.05) is 6.92 Å². The molecule has 2 atom stereocenters. The van der Waals surface area contributed by atoms with Crippen LogP contribution in [0.5, 0.6) is 0 Å². The molecular weight excluding hydrogens is 252 g/mol. The summed E-state index contributed by atoms with van der Waals surface area (Å²) in [7, 11) is -3.31. The van der Waals surface area contributed by atoms with Gasteiger partial charge in [-0.2, -0.15) is 0 Å². The summed E-state index contributed by atoms with van der Waals surface area (Å²) in [6.07, 6.45) is 3.70. The first-order valence-electron chi connectivity index (χ1n) is 5.97. The van der Waals surface area contributed by atoms with E-state index in [0.29, 0.717) is 11.7 Å². The van der Waals surface area contributed by atoms with E-state index in [1.165, 1.54) is 6.26 Å². The summed E-state index contributed by atoms with van der Waals surface area (Å²) in [6.45, 7) is 2.80. The molecule has 2 rings (SSSR count). The lowest BCUT2D eigenvalue weighted by molar-refractivity contribution is 0.244. The first-order valence-corrected chi connectivity index (χ1v) is 7.87. The van der Waals surface area contributed by atoms with Crippen LogP contribution in [0.1, 0.15) is 13.3 Å². The Hall–Kier alpha value is -1.14. The lowest BCUT2D eigenvalue weighted by Crippen LogP contribution is -2.36. The van der Waals surface area contributed by atoms with Gasteiger partial charge in [0.15, 0.2) is 9.84 Å². The zero-order chi connectivity index (χ0) is 13.3. The molecule has 1 fully saturated rings. The number of sulfone groups is 1. The molecule has 0 saturated carbocycles. The summed E-state index contributed by atoms with van der Waals surface area (Å²) < 4.78 is 23.5. The summed E-state index contributed by atoms with van der Waals surface area (Å²) >= 11 is 0. The molecule has 1 aliphatic rings. The van der Waals surface area contributed by atoms with E-state index in [-0.39, 0.29) is 17.5 Å². The first kappa shape index (κ1) is 13.3. The number of nitrogens with zero attached hydrogens (tertiary/aromatic N) is 2. The van der Waals surface area contributed by atoms with Gasteiger partial charge < -0.3 is 10.0 Å². The SMILES string of the molecule is CC1CCN(c2ncccc2S(C)(=O)=O)C1CO. The van der Waals surface area contributed by atoms with Crippen LogP contribution in [0, 0.1) is 5.92 Å². The average molecular weight is 270 g/mol. The number of aromatic nitrogens is 1. The van der Waals surface area contributed by atoms with E-state index in [4.69, 9.17) is 0 Å².